The van der Waals surface area contributed by atoms with Crippen molar-refractivity contribution in [3.8, 4) is 72.5 Å². The summed E-state index contributed by atoms with van der Waals surface area (Å²) < 4.78 is 257. The molecule has 8 aromatic carbocycles. The summed E-state index contributed by atoms with van der Waals surface area (Å²) in [6.07, 6.45) is 12.8. The molecule has 4 N–H and O–H groups in total. The Morgan fingerprint density at radius 3 is 1.03 bits per heavy atom. The highest BCUT2D eigenvalue weighted by Crippen LogP contribution is 2.67. The number of halogens is 4. The van der Waals surface area contributed by atoms with Crippen LogP contribution >= 0.6 is 0 Å². The quantitative estimate of drug-likeness (QED) is 0.01000. The van der Waals surface area contributed by atoms with Gasteiger partial charge in [0.2, 0.25) is 0 Å². The largest absolute Gasteiger partial charge is 0.509 e. The third-order valence-corrected chi connectivity index (χ3v) is 31.9. The van der Waals surface area contributed by atoms with Crippen molar-refractivity contribution in [3.63, 3.8) is 0 Å². The van der Waals surface area contributed by atoms with Crippen molar-refractivity contribution in [1.29, 1.82) is 0 Å². The zero-order chi connectivity index (χ0) is 109. The topological polar surface area (TPSA) is 432 Å². The van der Waals surface area contributed by atoms with Crippen LogP contribution in [0, 0.1) is 57.2 Å². The molecule has 0 amide bonds. The van der Waals surface area contributed by atoms with Gasteiger partial charge in [-0.3, -0.25) is 18.2 Å². The molecule has 12 bridgehead atoms. The Kier molecular flexibility index (Phi) is 36.1. The fraction of sp³-hybridized carbons (Fsp3) is 0.518. The van der Waals surface area contributed by atoms with Crippen molar-refractivity contribution in [2.45, 2.75) is 246 Å². The van der Waals surface area contributed by atoms with Crippen molar-refractivity contribution in [1.82, 2.24) is 0 Å². The standard InChI is InChI=1S/C29H26O5S.C26H22O5S.C20H33FO8S.C19H29FO9S.C16H24F2O4/c1-29(2,3)34-28(30)23-16-14-20(15-17-23)24-18-25(21-10-6-4-7-11-21)27(35(31,32)33)26(19-24)22-12-8-5-9-13-22;1-30-18-31-23-14-12-19(13-15-23)22-16-24(20-8-4-2-5-9-20)26(32(27,28)29)25(17-22)21-10-6-3-7-11-21;1-18(2,3)16(26-4)29-20-8-13-5-14(9-20)7-19(6-13,11-20)12-28-17(22)27-10-15(21)30(23,24)25;1-17(2,3)28-16(22)29-19-7-12-4-13(8-19)6-18(5-12,10-19)11-27-15(21)26-9-14(20)30(23,24)25;1-14(17,18)13(19)21-9-15-4-11-3-12(5-15)7-16(6-11,8-15)22-10-20-2/h4-19H,1-3H3,(H,31,32,33);2-17H,18H2,1H3,(H,27,28,29);13-16H,5-12H2,1-4H3,(H,23,24,25);12-14H,4-11H2,1-3H3,(H,23,24,25);11-12H,3-10H2,1-2H3. The first kappa shape index (κ1) is 116. The Bertz CT molecular complexity index is 6320. The minimum Gasteiger partial charge on any atom is -0.468 e. The van der Waals surface area contributed by atoms with Gasteiger partial charge in [0.25, 0.3) is 31.2 Å². The van der Waals surface area contributed by atoms with Crippen LogP contribution in [0.2, 0.25) is 0 Å². The average Bonchev–Trinajstić information content (AvgIpc) is 0.722. The van der Waals surface area contributed by atoms with E-state index >= 15 is 0 Å². The monoisotopic (exact) mass is 2150 g/mol. The lowest BCUT2D eigenvalue weighted by Gasteiger charge is -2.62. The minimum atomic E-state index is -4.94. The molecule has 39 heteroatoms. The molecule has 0 radical (unpaired) electrons. The average molecular weight is 2160 g/mol. The maximum Gasteiger partial charge on any atom is 0.509 e. The zero-order valence-electron chi connectivity index (χ0n) is 85.8. The summed E-state index contributed by atoms with van der Waals surface area (Å²) in [4.78, 5) is 59.5. The van der Waals surface area contributed by atoms with E-state index in [0.717, 1.165) is 125 Å². The number of esters is 2. The van der Waals surface area contributed by atoms with E-state index in [1.54, 1.807) is 115 Å². The van der Waals surface area contributed by atoms with Gasteiger partial charge in [0.15, 0.2) is 13.1 Å². The maximum atomic E-state index is 13.2. The SMILES string of the molecule is CC(C)(C)OC(=O)OC12CC3CC(CC(COC(=O)OCC(F)S(=O)(=O)O)(C3)C1)C2.CC(C)(C)OC(=O)c1ccc(-c2cc(-c3ccccc3)c(S(=O)(=O)O)c(-c3ccccc3)c2)cc1.COC(OC12CC3CC(CC(COC(=O)OCC(F)S(=O)(=O)O)(C3)C1)C2)C(C)(C)C.COCOC12CC3CC(CC(COC(=O)C(C)(F)F)(C3)C1)C2.COCOc1ccc(-c2cc(-c3ccccc3)c(S(=O)(=O)O)c(-c3ccccc3)c2)cc1. The van der Waals surface area contributed by atoms with Crippen molar-refractivity contribution < 1.29 is 160 Å². The van der Waals surface area contributed by atoms with Gasteiger partial charge in [0.1, 0.15) is 65.6 Å². The number of benzene rings is 8. The molecule has 12 aliphatic rings. The van der Waals surface area contributed by atoms with E-state index in [1.807, 2.05) is 142 Å². The maximum absolute atomic E-state index is 13.2. The van der Waals surface area contributed by atoms with E-state index in [2.05, 4.69) is 30.2 Å². The molecular formula is C110H134F4O31S4. The lowest BCUT2D eigenvalue weighted by molar-refractivity contribution is -0.291. The minimum absolute atomic E-state index is 0.00108. The molecule has 0 heterocycles. The molecular weight excluding hydrogens is 2020 g/mol. The Morgan fingerprint density at radius 2 is 0.711 bits per heavy atom. The third kappa shape index (κ3) is 30.7. The number of hydrogen-bond donors (Lipinski definition) is 4. The predicted molar refractivity (Wildman–Crippen MR) is 543 cm³/mol. The van der Waals surface area contributed by atoms with Crippen molar-refractivity contribution in [2.24, 2.45) is 57.2 Å². The Hall–Kier alpha value is -10.5. The van der Waals surface area contributed by atoms with Gasteiger partial charge in [-0.25, -0.2) is 32.8 Å². The highest BCUT2D eigenvalue weighted by molar-refractivity contribution is 7.87. The van der Waals surface area contributed by atoms with Crippen LogP contribution in [0.25, 0.3) is 66.8 Å². The van der Waals surface area contributed by atoms with Crippen molar-refractivity contribution in [3.05, 3.63) is 200 Å². The molecule has 0 aliphatic heterocycles. The van der Waals surface area contributed by atoms with E-state index in [1.165, 1.54) is 6.42 Å². The summed E-state index contributed by atoms with van der Waals surface area (Å²) in [6.45, 7) is 15.9. The molecule has 12 fully saturated rings. The van der Waals surface area contributed by atoms with Crippen LogP contribution in [0.1, 0.15) is 195 Å². The van der Waals surface area contributed by atoms with Gasteiger partial charge in [-0.15, -0.1) is 0 Å². The summed E-state index contributed by atoms with van der Waals surface area (Å²) in [5.41, 5.74) is -0.890. The first-order valence-electron chi connectivity index (χ1n) is 49.4. The third-order valence-electron chi connectivity index (χ3n) is 28.4. The second-order valence-corrected chi connectivity index (χ2v) is 50.3. The molecule has 12 aliphatic carbocycles. The van der Waals surface area contributed by atoms with Crippen LogP contribution in [-0.4, -0.2) is 201 Å². The van der Waals surface area contributed by atoms with Gasteiger partial charge in [-0.2, -0.15) is 42.5 Å². The normalized spacial score (nSPS) is 24.9. The number of hydrogen-bond acceptors (Lipinski definition) is 27. The molecule has 149 heavy (non-hydrogen) atoms. The first-order chi connectivity index (χ1) is 69.7. The number of carbonyl (C=O) groups is 5. The predicted octanol–water partition coefficient (Wildman–Crippen LogP) is 23.3. The summed E-state index contributed by atoms with van der Waals surface area (Å²) in [6, 6.07) is 58.0. The molecule has 0 aromatic heterocycles. The number of rotatable bonds is 32. The first-order valence-corrected chi connectivity index (χ1v) is 55.3. The van der Waals surface area contributed by atoms with Crippen molar-refractivity contribution in [2.75, 3.05) is 67.9 Å². The van der Waals surface area contributed by atoms with Gasteiger partial charge in [-0.05, 0) is 286 Å². The van der Waals surface area contributed by atoms with Crippen LogP contribution in [0.4, 0.5) is 31.9 Å². The van der Waals surface area contributed by atoms with E-state index in [4.69, 9.17) is 65.9 Å². The molecule has 0 saturated heterocycles. The van der Waals surface area contributed by atoms with Crippen LogP contribution in [0.3, 0.4) is 0 Å². The molecule has 31 nitrogen and oxygen atoms in total. The lowest BCUT2D eigenvalue weighted by Crippen LogP contribution is -2.60. The van der Waals surface area contributed by atoms with Crippen LogP contribution < -0.4 is 4.74 Å². The van der Waals surface area contributed by atoms with Gasteiger partial charge in [0.05, 0.1) is 23.4 Å². The van der Waals surface area contributed by atoms with E-state index in [9.17, 15) is 84.3 Å². The smallest absolute Gasteiger partial charge is 0.468 e. The summed E-state index contributed by atoms with van der Waals surface area (Å²) in [5.74, 6) is -1.88. The molecule has 20 rings (SSSR count). The zero-order valence-corrected chi connectivity index (χ0v) is 89.1. The van der Waals surface area contributed by atoms with E-state index in [-0.39, 0.29) is 82.3 Å². The van der Waals surface area contributed by atoms with Crippen LogP contribution in [-0.2, 0) is 107 Å². The Balaban J connectivity index is 0.000000156. The highest BCUT2D eigenvalue weighted by atomic mass is 32.2. The molecule has 9 atom stereocenters. The number of ether oxygens (including phenoxy) is 14. The molecule has 12 saturated carbocycles. The summed E-state index contributed by atoms with van der Waals surface area (Å²) in [7, 11) is -14.1. The fourth-order valence-electron chi connectivity index (χ4n) is 24.2. The number of alkyl halides is 4. The van der Waals surface area contributed by atoms with Gasteiger partial charge in [0, 0.05) is 72.2 Å². The van der Waals surface area contributed by atoms with E-state index < -0.39 is 118 Å². The van der Waals surface area contributed by atoms with Gasteiger partial charge >= 0.3 is 56.6 Å². The summed E-state index contributed by atoms with van der Waals surface area (Å²) >= 11 is 0. The second-order valence-electron chi connectivity index (χ2n) is 44.5. The van der Waals surface area contributed by atoms with Crippen LogP contribution in [0.5, 0.6) is 5.75 Å². The molecule has 8 aromatic rings. The van der Waals surface area contributed by atoms with Crippen molar-refractivity contribution >= 4 is 70.9 Å². The summed E-state index contributed by atoms with van der Waals surface area (Å²) in [5, 5.41) is 0. The number of methoxy groups -OCH3 is 3. The second kappa shape index (κ2) is 46.6. The fourth-order valence-corrected chi connectivity index (χ4v) is 26.5. The van der Waals surface area contributed by atoms with Crippen LogP contribution in [0.15, 0.2) is 204 Å². The Labute approximate surface area is 868 Å². The highest BCUT2D eigenvalue weighted by Gasteiger charge is 2.63. The molecule has 9 unspecified atom stereocenters. The molecule has 0 spiro atoms. The Morgan fingerprint density at radius 1 is 0.383 bits per heavy atom. The number of carbonyl (C=O) groups excluding carboxylic acids is 5. The molecule has 812 valence electrons. The lowest BCUT2D eigenvalue weighted by atomic mass is 9.48. The van der Waals surface area contributed by atoms with E-state index in [0.29, 0.717) is 105 Å². The van der Waals surface area contributed by atoms with Gasteiger partial charge < -0.3 is 66.3 Å². The van der Waals surface area contributed by atoms with Gasteiger partial charge in [-0.1, -0.05) is 166 Å².